The molecule has 1 fully saturated rings. The fourth-order valence-electron chi connectivity index (χ4n) is 3.60. The second-order valence-corrected chi connectivity index (χ2v) is 7.68. The topological polar surface area (TPSA) is 139 Å². The largest absolute Gasteiger partial charge is 0.494 e. The molecule has 3 N–H and O–H groups in total. The van der Waals surface area contributed by atoms with E-state index in [-0.39, 0.29) is 30.6 Å². The highest BCUT2D eigenvalue weighted by Crippen LogP contribution is 2.22. The van der Waals surface area contributed by atoms with E-state index in [1.807, 2.05) is 0 Å². The summed E-state index contributed by atoms with van der Waals surface area (Å²) in [5.74, 6) is -0.501. The maximum Gasteiger partial charge on any atom is 0.317 e. The number of pyridine rings is 1. The number of anilines is 1. The van der Waals surface area contributed by atoms with Gasteiger partial charge < -0.3 is 20.1 Å². The number of amides is 2. The Morgan fingerprint density at radius 1 is 1.14 bits per heavy atom. The summed E-state index contributed by atoms with van der Waals surface area (Å²) in [4.78, 5) is 44.4. The number of nitrogens with one attached hydrogen (secondary N) is 1. The van der Waals surface area contributed by atoms with Crippen molar-refractivity contribution in [3.8, 4) is 5.75 Å². The van der Waals surface area contributed by atoms with Crippen molar-refractivity contribution in [2.75, 3.05) is 37.7 Å². The van der Waals surface area contributed by atoms with E-state index in [0.29, 0.717) is 68.4 Å². The van der Waals surface area contributed by atoms with Gasteiger partial charge in [-0.05, 0) is 55.7 Å². The van der Waals surface area contributed by atoms with Crippen molar-refractivity contribution >= 4 is 41.8 Å². The number of carbonyl (C=O) groups excluding carboxylic acids is 3. The summed E-state index contributed by atoms with van der Waals surface area (Å²) in [6.45, 7) is 3.52. The normalized spacial score (nSPS) is 13.3. The van der Waals surface area contributed by atoms with Gasteiger partial charge in [-0.2, -0.15) is 0 Å². The number of nitrogen functional groups attached to an aromatic ring is 1. The summed E-state index contributed by atoms with van der Waals surface area (Å²) < 4.78 is 10.6. The molecule has 0 aliphatic carbocycles. The van der Waals surface area contributed by atoms with Crippen LogP contribution in [-0.2, 0) is 25.5 Å². The standard InChI is InChI=1S/C24H29N5O5.ClH/c1-2-33-20(30)11-8-18-5-3-12-27-22(18)29-15-14-28(23(31)24(29)32)13-4-16-34-19-9-6-17(7-10-19)21(25)26;/h3,5-7,9-10,12H,2,4,8,11,13-16H2,1H3,(H3,25,26);1H. The molecule has 2 heterocycles. The lowest BCUT2D eigenvalue weighted by atomic mass is 10.1. The number of hydrogen-bond donors (Lipinski definition) is 2. The van der Waals surface area contributed by atoms with Crippen LogP contribution in [0.1, 0.15) is 30.9 Å². The molecule has 1 aromatic heterocycles. The van der Waals surface area contributed by atoms with Crippen molar-refractivity contribution in [1.29, 1.82) is 5.41 Å². The lowest BCUT2D eigenvalue weighted by Crippen LogP contribution is -2.55. The maximum atomic E-state index is 12.8. The predicted octanol–water partition coefficient (Wildman–Crippen LogP) is 1.93. The summed E-state index contributed by atoms with van der Waals surface area (Å²) in [6, 6.07) is 10.4. The van der Waals surface area contributed by atoms with Gasteiger partial charge in [0.05, 0.1) is 13.2 Å². The van der Waals surface area contributed by atoms with Crippen LogP contribution in [0.3, 0.4) is 0 Å². The minimum absolute atomic E-state index is 0. The van der Waals surface area contributed by atoms with Gasteiger partial charge in [-0.25, -0.2) is 4.98 Å². The Hall–Kier alpha value is -3.66. The van der Waals surface area contributed by atoms with Crippen LogP contribution in [-0.4, -0.2) is 66.4 Å². The Labute approximate surface area is 210 Å². The molecule has 0 radical (unpaired) electrons. The van der Waals surface area contributed by atoms with Gasteiger partial charge in [-0.15, -0.1) is 12.4 Å². The minimum Gasteiger partial charge on any atom is -0.494 e. The van der Waals surface area contributed by atoms with Gasteiger partial charge in [0, 0.05) is 37.8 Å². The number of halogens is 1. The molecule has 2 amide bonds. The smallest absolute Gasteiger partial charge is 0.317 e. The summed E-state index contributed by atoms with van der Waals surface area (Å²) >= 11 is 0. The molecule has 1 saturated heterocycles. The third-order valence-corrected chi connectivity index (χ3v) is 5.34. The molecule has 35 heavy (non-hydrogen) atoms. The van der Waals surface area contributed by atoms with Gasteiger partial charge in [-0.3, -0.25) is 24.7 Å². The van der Waals surface area contributed by atoms with E-state index in [1.54, 1.807) is 49.5 Å². The second kappa shape index (κ2) is 13.3. The SMILES string of the molecule is CCOC(=O)CCc1cccnc1N1CCN(CCCOc2ccc(C(=N)N)cc2)C(=O)C1=O.Cl. The quantitative estimate of drug-likeness (QED) is 0.157. The lowest BCUT2D eigenvalue weighted by Gasteiger charge is -2.34. The summed E-state index contributed by atoms with van der Waals surface area (Å²) in [6.07, 6.45) is 2.66. The monoisotopic (exact) mass is 503 g/mol. The van der Waals surface area contributed by atoms with Crippen LogP contribution in [0.15, 0.2) is 42.6 Å². The van der Waals surface area contributed by atoms with Crippen molar-refractivity contribution in [1.82, 2.24) is 9.88 Å². The van der Waals surface area contributed by atoms with Gasteiger partial charge in [0.1, 0.15) is 17.4 Å². The molecule has 10 nitrogen and oxygen atoms in total. The van der Waals surface area contributed by atoms with Crippen LogP contribution in [0.25, 0.3) is 0 Å². The maximum absolute atomic E-state index is 12.8. The zero-order valence-electron chi connectivity index (χ0n) is 19.6. The van der Waals surface area contributed by atoms with Crippen molar-refractivity contribution in [2.24, 2.45) is 5.73 Å². The van der Waals surface area contributed by atoms with Gasteiger partial charge in [0.15, 0.2) is 0 Å². The Kier molecular flexibility index (Phi) is 10.5. The number of ether oxygens (including phenoxy) is 2. The van der Waals surface area contributed by atoms with Crippen LogP contribution >= 0.6 is 12.4 Å². The first-order chi connectivity index (χ1) is 16.4. The number of amidine groups is 1. The van der Waals surface area contributed by atoms with Crippen molar-refractivity contribution in [2.45, 2.75) is 26.2 Å². The van der Waals surface area contributed by atoms with Gasteiger partial charge in [0.25, 0.3) is 0 Å². The van der Waals surface area contributed by atoms with Crippen molar-refractivity contribution < 1.29 is 23.9 Å². The number of carbonyl (C=O) groups is 3. The second-order valence-electron chi connectivity index (χ2n) is 7.68. The number of aromatic nitrogens is 1. The Morgan fingerprint density at radius 2 is 1.89 bits per heavy atom. The number of aryl methyl sites for hydroxylation is 1. The van der Waals surface area contributed by atoms with Gasteiger partial charge in [-0.1, -0.05) is 6.07 Å². The minimum atomic E-state index is -0.636. The molecule has 2 aromatic rings. The molecule has 1 aliphatic heterocycles. The zero-order valence-corrected chi connectivity index (χ0v) is 20.4. The van der Waals surface area contributed by atoms with E-state index in [9.17, 15) is 14.4 Å². The molecule has 1 aliphatic rings. The molecule has 0 atom stereocenters. The molecule has 188 valence electrons. The molecular weight excluding hydrogens is 474 g/mol. The zero-order chi connectivity index (χ0) is 24.5. The molecule has 0 spiro atoms. The molecule has 0 bridgehead atoms. The molecular formula is C24H30ClN5O5. The third kappa shape index (κ3) is 7.41. The molecule has 0 saturated carbocycles. The molecule has 11 heteroatoms. The highest BCUT2D eigenvalue weighted by Gasteiger charge is 2.34. The number of rotatable bonds is 11. The highest BCUT2D eigenvalue weighted by molar-refractivity contribution is 6.40. The van der Waals surface area contributed by atoms with Crippen LogP contribution in [0.4, 0.5) is 5.82 Å². The van der Waals surface area contributed by atoms with Crippen molar-refractivity contribution in [3.05, 3.63) is 53.7 Å². The van der Waals surface area contributed by atoms with Crippen molar-refractivity contribution in [3.63, 3.8) is 0 Å². The third-order valence-electron chi connectivity index (χ3n) is 5.34. The molecule has 0 unspecified atom stereocenters. The molecule has 1 aromatic carbocycles. The van der Waals surface area contributed by atoms with Gasteiger partial charge >= 0.3 is 17.8 Å². The van der Waals surface area contributed by atoms with E-state index in [4.69, 9.17) is 20.6 Å². The lowest BCUT2D eigenvalue weighted by molar-refractivity contribution is -0.146. The first-order valence-electron chi connectivity index (χ1n) is 11.2. The molecule has 3 rings (SSSR count). The van der Waals surface area contributed by atoms with Gasteiger partial charge in [0.2, 0.25) is 0 Å². The Morgan fingerprint density at radius 3 is 2.57 bits per heavy atom. The first-order valence-corrected chi connectivity index (χ1v) is 11.2. The number of nitrogens with two attached hydrogens (primary N) is 1. The summed E-state index contributed by atoms with van der Waals surface area (Å²) in [5, 5.41) is 7.40. The predicted molar refractivity (Wildman–Crippen MR) is 133 cm³/mol. The van der Waals surface area contributed by atoms with Crippen LogP contribution in [0.5, 0.6) is 5.75 Å². The van der Waals surface area contributed by atoms with E-state index in [1.165, 1.54) is 9.80 Å². The van der Waals surface area contributed by atoms with E-state index < -0.39 is 11.8 Å². The number of piperazine rings is 1. The highest BCUT2D eigenvalue weighted by atomic mass is 35.5. The average molecular weight is 504 g/mol. The van der Waals surface area contributed by atoms with Crippen LogP contribution < -0.4 is 15.4 Å². The summed E-state index contributed by atoms with van der Waals surface area (Å²) in [5.41, 5.74) is 6.77. The Balaban J connectivity index is 0.00000432. The van der Waals surface area contributed by atoms with E-state index in [2.05, 4.69) is 4.98 Å². The van der Waals surface area contributed by atoms with Crippen LogP contribution in [0, 0.1) is 5.41 Å². The van der Waals surface area contributed by atoms with E-state index >= 15 is 0 Å². The average Bonchev–Trinajstić information content (AvgIpc) is 2.84. The summed E-state index contributed by atoms with van der Waals surface area (Å²) in [7, 11) is 0. The van der Waals surface area contributed by atoms with E-state index in [0.717, 1.165) is 0 Å². The number of esters is 1. The number of hydrogen-bond acceptors (Lipinski definition) is 7. The fraction of sp³-hybridized carbons (Fsp3) is 0.375. The first kappa shape index (κ1) is 27.6. The number of benzene rings is 1. The van der Waals surface area contributed by atoms with Crippen LogP contribution in [0.2, 0.25) is 0 Å². The fourth-order valence-corrected chi connectivity index (χ4v) is 3.60. The number of nitrogens with zero attached hydrogens (tertiary/aromatic N) is 3. The Bertz CT molecular complexity index is 1050.